The Morgan fingerprint density at radius 2 is 2.04 bits per heavy atom. The number of methoxy groups -OCH3 is 1. The fourth-order valence-electron chi connectivity index (χ4n) is 3.11. The number of furan rings is 1. The Kier molecular flexibility index (Phi) is 4.98. The molecule has 0 radical (unpaired) electrons. The molecule has 5 nitrogen and oxygen atoms in total. The Morgan fingerprint density at radius 1 is 1.26 bits per heavy atom. The molecule has 1 saturated heterocycles. The zero-order valence-electron chi connectivity index (χ0n) is 13.3. The number of hydrogen-bond acceptors (Lipinski definition) is 4. The van der Waals surface area contributed by atoms with E-state index in [-0.39, 0.29) is 11.9 Å². The van der Waals surface area contributed by atoms with Crippen molar-refractivity contribution in [1.82, 2.24) is 10.2 Å². The third kappa shape index (κ3) is 3.56. The molecule has 1 aromatic carbocycles. The van der Waals surface area contributed by atoms with E-state index >= 15 is 0 Å². The summed E-state index contributed by atoms with van der Waals surface area (Å²) in [5.41, 5.74) is 1.11. The highest BCUT2D eigenvalue weighted by molar-refractivity contribution is 5.91. The first kappa shape index (κ1) is 15.6. The number of rotatable bonds is 6. The van der Waals surface area contributed by atoms with E-state index in [0.29, 0.717) is 12.3 Å². The molecule has 2 heterocycles. The molecule has 1 atom stereocenters. The van der Waals surface area contributed by atoms with E-state index in [2.05, 4.69) is 16.3 Å². The maximum Gasteiger partial charge on any atom is 0.287 e. The van der Waals surface area contributed by atoms with Gasteiger partial charge in [-0.3, -0.25) is 9.69 Å². The summed E-state index contributed by atoms with van der Waals surface area (Å²) in [4.78, 5) is 14.6. The van der Waals surface area contributed by atoms with Crippen LogP contribution in [0.2, 0.25) is 0 Å². The Morgan fingerprint density at radius 3 is 2.74 bits per heavy atom. The molecule has 0 bridgehead atoms. The molecular weight excluding hydrogens is 292 g/mol. The normalized spacial score (nSPS) is 16.2. The van der Waals surface area contributed by atoms with Gasteiger partial charge in [-0.2, -0.15) is 0 Å². The van der Waals surface area contributed by atoms with Gasteiger partial charge in [-0.25, -0.2) is 0 Å². The molecular formula is C18H22N2O3. The molecule has 23 heavy (non-hydrogen) atoms. The number of carbonyl (C=O) groups excluding carboxylic acids is 1. The van der Waals surface area contributed by atoms with Crippen LogP contribution in [0.4, 0.5) is 0 Å². The van der Waals surface area contributed by atoms with E-state index in [4.69, 9.17) is 9.15 Å². The number of nitrogens with zero attached hydrogens (tertiary/aromatic N) is 1. The lowest BCUT2D eigenvalue weighted by Crippen LogP contribution is -2.36. The van der Waals surface area contributed by atoms with Gasteiger partial charge >= 0.3 is 0 Å². The van der Waals surface area contributed by atoms with Gasteiger partial charge < -0.3 is 14.5 Å². The second kappa shape index (κ2) is 7.33. The largest absolute Gasteiger partial charge is 0.496 e. The first-order valence-corrected chi connectivity index (χ1v) is 7.98. The lowest BCUT2D eigenvalue weighted by atomic mass is 10.0. The number of hydrogen-bond donors (Lipinski definition) is 1. The summed E-state index contributed by atoms with van der Waals surface area (Å²) < 4.78 is 10.7. The monoisotopic (exact) mass is 314 g/mol. The van der Waals surface area contributed by atoms with Crippen molar-refractivity contribution in [2.75, 3.05) is 26.7 Å². The van der Waals surface area contributed by atoms with Crippen LogP contribution in [0.25, 0.3) is 0 Å². The van der Waals surface area contributed by atoms with Crippen molar-refractivity contribution in [2.45, 2.75) is 18.9 Å². The van der Waals surface area contributed by atoms with Gasteiger partial charge in [0, 0.05) is 12.1 Å². The molecule has 0 saturated carbocycles. The van der Waals surface area contributed by atoms with Gasteiger partial charge in [-0.05, 0) is 44.1 Å². The molecule has 1 N–H and O–H groups in total. The highest BCUT2D eigenvalue weighted by Crippen LogP contribution is 2.31. The maximum absolute atomic E-state index is 12.2. The SMILES string of the molecule is COc1ccccc1[C@H](CNC(=O)c1ccco1)N1CCCC1. The number of carbonyl (C=O) groups is 1. The summed E-state index contributed by atoms with van der Waals surface area (Å²) in [7, 11) is 1.68. The number of benzene rings is 1. The quantitative estimate of drug-likeness (QED) is 0.891. The van der Waals surface area contributed by atoms with Crippen molar-refractivity contribution in [3.8, 4) is 5.75 Å². The van der Waals surface area contributed by atoms with E-state index in [9.17, 15) is 4.79 Å². The van der Waals surface area contributed by atoms with E-state index in [1.165, 1.54) is 19.1 Å². The van der Waals surface area contributed by atoms with Gasteiger partial charge in [0.2, 0.25) is 0 Å². The molecule has 0 spiro atoms. The van der Waals surface area contributed by atoms with Crippen LogP contribution in [0.1, 0.15) is 35.0 Å². The Bertz CT molecular complexity index is 633. The van der Waals surface area contributed by atoms with Crippen molar-refractivity contribution in [2.24, 2.45) is 0 Å². The molecule has 1 fully saturated rings. The highest BCUT2D eigenvalue weighted by atomic mass is 16.5. The second-order valence-electron chi connectivity index (χ2n) is 5.69. The minimum absolute atomic E-state index is 0.104. The van der Waals surface area contributed by atoms with Gasteiger partial charge in [-0.15, -0.1) is 0 Å². The number of nitrogens with one attached hydrogen (secondary N) is 1. The number of ether oxygens (including phenoxy) is 1. The molecule has 0 aliphatic carbocycles. The Hall–Kier alpha value is -2.27. The van der Waals surface area contributed by atoms with Crippen LogP contribution in [0, 0.1) is 0 Å². The van der Waals surface area contributed by atoms with E-state index in [1.54, 1.807) is 19.2 Å². The number of amides is 1. The standard InChI is InChI=1S/C18H22N2O3/c1-22-16-8-3-2-7-14(16)15(20-10-4-5-11-20)13-19-18(21)17-9-6-12-23-17/h2-3,6-9,12,15H,4-5,10-11,13H2,1H3,(H,19,21)/t15-/m0/s1. The van der Waals surface area contributed by atoms with Crippen molar-refractivity contribution in [1.29, 1.82) is 0 Å². The summed E-state index contributed by atoms with van der Waals surface area (Å²) in [6.07, 6.45) is 3.89. The van der Waals surface area contributed by atoms with Crippen molar-refractivity contribution in [3.05, 3.63) is 54.0 Å². The summed E-state index contributed by atoms with van der Waals surface area (Å²) in [6.45, 7) is 2.61. The highest BCUT2D eigenvalue weighted by Gasteiger charge is 2.26. The van der Waals surface area contributed by atoms with Gasteiger partial charge in [-0.1, -0.05) is 18.2 Å². The lowest BCUT2D eigenvalue weighted by Gasteiger charge is -2.29. The smallest absolute Gasteiger partial charge is 0.287 e. The van der Waals surface area contributed by atoms with E-state index < -0.39 is 0 Å². The zero-order valence-corrected chi connectivity index (χ0v) is 13.3. The average molecular weight is 314 g/mol. The zero-order chi connectivity index (χ0) is 16.1. The predicted molar refractivity (Wildman–Crippen MR) is 87.6 cm³/mol. The van der Waals surface area contributed by atoms with Crippen molar-refractivity contribution in [3.63, 3.8) is 0 Å². The van der Waals surface area contributed by atoms with Crippen LogP contribution >= 0.6 is 0 Å². The van der Waals surface area contributed by atoms with Crippen LogP contribution in [0.3, 0.4) is 0 Å². The fraction of sp³-hybridized carbons (Fsp3) is 0.389. The molecule has 122 valence electrons. The Labute approximate surface area is 136 Å². The molecule has 1 aliphatic heterocycles. The second-order valence-corrected chi connectivity index (χ2v) is 5.69. The van der Waals surface area contributed by atoms with E-state index in [0.717, 1.165) is 24.4 Å². The van der Waals surface area contributed by atoms with Crippen molar-refractivity contribution >= 4 is 5.91 Å². The van der Waals surface area contributed by atoms with Gasteiger partial charge in [0.1, 0.15) is 5.75 Å². The fourth-order valence-corrected chi connectivity index (χ4v) is 3.11. The molecule has 5 heteroatoms. The topological polar surface area (TPSA) is 54.7 Å². The van der Waals surface area contributed by atoms with Crippen LogP contribution in [0.5, 0.6) is 5.75 Å². The summed E-state index contributed by atoms with van der Waals surface area (Å²) in [5.74, 6) is 1.01. The molecule has 0 unspecified atom stereocenters. The van der Waals surface area contributed by atoms with Crippen LogP contribution < -0.4 is 10.1 Å². The molecule has 2 aromatic rings. The first-order chi connectivity index (χ1) is 11.3. The maximum atomic E-state index is 12.2. The van der Waals surface area contributed by atoms with Crippen LogP contribution in [0.15, 0.2) is 47.1 Å². The van der Waals surface area contributed by atoms with Crippen molar-refractivity contribution < 1.29 is 13.9 Å². The lowest BCUT2D eigenvalue weighted by molar-refractivity contribution is 0.0909. The minimum Gasteiger partial charge on any atom is -0.496 e. The minimum atomic E-state index is -0.186. The number of likely N-dealkylation sites (tertiary alicyclic amines) is 1. The van der Waals surface area contributed by atoms with E-state index in [1.807, 2.05) is 18.2 Å². The summed E-state index contributed by atoms with van der Waals surface area (Å²) in [6, 6.07) is 11.5. The Balaban J connectivity index is 1.77. The predicted octanol–water partition coefficient (Wildman–Crippen LogP) is 2.86. The third-order valence-electron chi connectivity index (χ3n) is 4.28. The van der Waals surface area contributed by atoms with Gasteiger partial charge in [0.05, 0.1) is 19.4 Å². The van der Waals surface area contributed by atoms with Gasteiger partial charge in [0.25, 0.3) is 5.91 Å². The molecule has 3 rings (SSSR count). The number of para-hydroxylation sites is 1. The van der Waals surface area contributed by atoms with Crippen LogP contribution in [-0.2, 0) is 0 Å². The summed E-state index contributed by atoms with van der Waals surface area (Å²) >= 11 is 0. The third-order valence-corrected chi connectivity index (χ3v) is 4.28. The molecule has 1 aliphatic rings. The molecule has 1 amide bonds. The first-order valence-electron chi connectivity index (χ1n) is 7.98. The average Bonchev–Trinajstić information content (AvgIpc) is 3.29. The van der Waals surface area contributed by atoms with Crippen LogP contribution in [-0.4, -0.2) is 37.6 Å². The summed E-state index contributed by atoms with van der Waals surface area (Å²) in [5, 5.41) is 2.98. The van der Waals surface area contributed by atoms with Gasteiger partial charge in [0.15, 0.2) is 5.76 Å². The molecule has 1 aromatic heterocycles.